The molecular weight excluding hydrogens is 420 g/mol. The number of allylic oxidation sites excluding steroid dienone is 1. The molecule has 1 atom stereocenters. The number of hydrogen-bond donors (Lipinski definition) is 0. The number of aryl methyl sites for hydroxylation is 1. The number of rotatable bonds is 5. The van der Waals surface area contributed by atoms with Gasteiger partial charge in [0.1, 0.15) is 5.75 Å². The molecule has 173 valence electrons. The lowest BCUT2D eigenvalue weighted by Crippen LogP contribution is -2.42. The number of ether oxygens (including phenoxy) is 1. The maximum absolute atomic E-state index is 6.29. The van der Waals surface area contributed by atoms with Crippen LogP contribution in [0.3, 0.4) is 0 Å². The molecule has 1 aliphatic rings. The van der Waals surface area contributed by atoms with E-state index in [1.54, 1.807) is 10.8 Å². The molecule has 0 fully saturated rings. The smallest absolute Gasteiger partial charge is 0.126 e. The van der Waals surface area contributed by atoms with Crippen molar-refractivity contribution in [1.29, 1.82) is 0 Å². The Bertz CT molecular complexity index is 1050. The molecule has 0 spiro atoms. The van der Waals surface area contributed by atoms with Crippen LogP contribution in [0.5, 0.6) is 5.75 Å². The first-order chi connectivity index (χ1) is 14.6. The van der Waals surface area contributed by atoms with Gasteiger partial charge in [-0.2, -0.15) is 0 Å². The molecule has 0 aromatic heterocycles. The van der Waals surface area contributed by atoms with Gasteiger partial charge in [-0.25, -0.2) is 0 Å². The number of methoxy groups -OCH3 is 1. The fraction of sp³-hybridized carbons (Fsp3) is 0.517. The molecule has 2 aromatic rings. The summed E-state index contributed by atoms with van der Waals surface area (Å²) < 4.78 is 6.29. The van der Waals surface area contributed by atoms with Crippen LogP contribution >= 0.6 is 0 Å². The molecule has 0 aliphatic heterocycles. The highest BCUT2D eigenvalue weighted by molar-refractivity contribution is 6.78. The van der Waals surface area contributed by atoms with Gasteiger partial charge in [0.15, 0.2) is 0 Å². The van der Waals surface area contributed by atoms with Crippen LogP contribution in [0.1, 0.15) is 68.0 Å². The first kappa shape index (κ1) is 25.0. The summed E-state index contributed by atoms with van der Waals surface area (Å²) in [6.45, 7) is 26.6. The molecule has 1 unspecified atom stereocenters. The molecule has 2 aromatic carbocycles. The molecular formula is C29H43OSi2. The third kappa shape index (κ3) is 4.19. The molecule has 3 heteroatoms. The van der Waals surface area contributed by atoms with E-state index in [1.807, 2.05) is 7.11 Å². The van der Waals surface area contributed by atoms with Crippen LogP contribution in [0.15, 0.2) is 35.9 Å². The molecule has 1 radical (unpaired) electrons. The standard InChI is InChI=1S/C29H43OSi2/c1-19-17-22(28(2,3)4)25(30-7)24(26(19)31(8)9)29(5,6)23-18-20-15-13-14-16-21(20)27(23)32(10,11)12/h13-18,27H,1-12H3. The topological polar surface area (TPSA) is 9.23 Å². The SMILES string of the molecule is COc1c(C(C)(C)C)cc(C)c([Si](C)C)c1C(C)(C)C1=Cc2ccccc2C1[Si](C)(C)C. The average Bonchev–Trinajstić information content (AvgIpc) is 3.07. The molecule has 0 heterocycles. The van der Waals surface area contributed by atoms with E-state index in [1.165, 1.54) is 27.8 Å². The molecule has 0 amide bonds. The van der Waals surface area contributed by atoms with Gasteiger partial charge in [0.05, 0.1) is 24.0 Å². The quantitative estimate of drug-likeness (QED) is 0.415. The lowest BCUT2D eigenvalue weighted by Gasteiger charge is -2.41. The molecule has 3 rings (SSSR count). The summed E-state index contributed by atoms with van der Waals surface area (Å²) in [5.41, 5.74) is 9.14. The molecule has 0 N–H and O–H groups in total. The van der Waals surface area contributed by atoms with E-state index in [4.69, 9.17) is 4.74 Å². The molecule has 1 aliphatic carbocycles. The Morgan fingerprint density at radius 1 is 0.969 bits per heavy atom. The predicted molar refractivity (Wildman–Crippen MR) is 147 cm³/mol. The summed E-state index contributed by atoms with van der Waals surface area (Å²) in [7, 11) is -0.340. The number of fused-ring (bicyclic) bond motifs is 1. The van der Waals surface area contributed by atoms with E-state index in [0.29, 0.717) is 5.54 Å². The van der Waals surface area contributed by atoms with E-state index < -0.39 is 16.9 Å². The highest BCUT2D eigenvalue weighted by Crippen LogP contribution is 2.52. The lowest BCUT2D eigenvalue weighted by atomic mass is 9.72. The highest BCUT2D eigenvalue weighted by atomic mass is 28.3. The van der Waals surface area contributed by atoms with Gasteiger partial charge in [0.2, 0.25) is 0 Å². The van der Waals surface area contributed by atoms with Crippen molar-refractivity contribution in [2.45, 2.75) is 90.6 Å². The van der Waals surface area contributed by atoms with E-state index in [-0.39, 0.29) is 10.8 Å². The van der Waals surface area contributed by atoms with Crippen molar-refractivity contribution >= 4 is 28.1 Å². The Kier molecular flexibility index (Phi) is 6.51. The fourth-order valence-electron chi connectivity index (χ4n) is 5.75. The first-order valence-electron chi connectivity index (χ1n) is 12.0. The molecule has 1 nitrogen and oxygen atoms in total. The van der Waals surface area contributed by atoms with Crippen molar-refractivity contribution < 1.29 is 4.74 Å². The second kappa shape index (κ2) is 8.32. The van der Waals surface area contributed by atoms with Crippen molar-refractivity contribution in [2.24, 2.45) is 0 Å². The monoisotopic (exact) mass is 463 g/mol. The lowest BCUT2D eigenvalue weighted by molar-refractivity contribution is 0.384. The van der Waals surface area contributed by atoms with Crippen molar-refractivity contribution in [3.05, 3.63) is 63.7 Å². The average molecular weight is 464 g/mol. The zero-order valence-corrected chi connectivity index (χ0v) is 24.4. The Hall–Kier alpha value is -1.59. The van der Waals surface area contributed by atoms with Crippen LogP contribution in [-0.2, 0) is 10.8 Å². The van der Waals surface area contributed by atoms with E-state index >= 15 is 0 Å². The maximum Gasteiger partial charge on any atom is 0.126 e. The van der Waals surface area contributed by atoms with Gasteiger partial charge >= 0.3 is 0 Å². The second-order valence-electron chi connectivity index (χ2n) is 12.4. The second-order valence-corrected chi connectivity index (χ2v) is 20.2. The van der Waals surface area contributed by atoms with Gasteiger partial charge < -0.3 is 4.74 Å². The summed E-state index contributed by atoms with van der Waals surface area (Å²) in [6, 6.07) is 11.5. The number of hydrogen-bond acceptors (Lipinski definition) is 1. The Morgan fingerprint density at radius 2 is 1.56 bits per heavy atom. The summed E-state index contributed by atoms with van der Waals surface area (Å²) >= 11 is 0. The highest BCUT2D eigenvalue weighted by Gasteiger charge is 2.45. The minimum Gasteiger partial charge on any atom is -0.496 e. The van der Waals surface area contributed by atoms with Crippen LogP contribution in [0, 0.1) is 6.92 Å². The summed E-state index contributed by atoms with van der Waals surface area (Å²) in [5.74, 6) is 1.11. The van der Waals surface area contributed by atoms with E-state index in [9.17, 15) is 0 Å². The minimum absolute atomic E-state index is 0.0268. The van der Waals surface area contributed by atoms with E-state index in [0.717, 1.165) is 5.75 Å². The Labute approximate surface area is 199 Å². The largest absolute Gasteiger partial charge is 0.496 e. The van der Waals surface area contributed by atoms with Gasteiger partial charge in [-0.3, -0.25) is 0 Å². The summed E-state index contributed by atoms with van der Waals surface area (Å²) in [4.78, 5) is 0. The van der Waals surface area contributed by atoms with Gasteiger partial charge in [-0.15, -0.1) is 0 Å². The molecule has 0 saturated carbocycles. The molecule has 32 heavy (non-hydrogen) atoms. The predicted octanol–water partition coefficient (Wildman–Crippen LogP) is 7.60. The molecule has 0 saturated heterocycles. The van der Waals surface area contributed by atoms with Crippen LogP contribution in [0.25, 0.3) is 6.08 Å². The Morgan fingerprint density at radius 3 is 2.06 bits per heavy atom. The number of benzene rings is 2. The van der Waals surface area contributed by atoms with Gasteiger partial charge in [0.25, 0.3) is 0 Å². The third-order valence-corrected chi connectivity index (χ3v) is 11.1. The summed E-state index contributed by atoms with van der Waals surface area (Å²) in [6.07, 6.45) is 2.51. The fourth-order valence-corrected chi connectivity index (χ4v) is 10.1. The normalized spacial score (nSPS) is 16.9. The maximum atomic E-state index is 6.29. The zero-order chi connectivity index (χ0) is 24.2. The summed E-state index contributed by atoms with van der Waals surface area (Å²) in [5, 5.41) is 1.55. The van der Waals surface area contributed by atoms with Crippen molar-refractivity contribution in [3.63, 3.8) is 0 Å². The van der Waals surface area contributed by atoms with Crippen LogP contribution < -0.4 is 9.92 Å². The van der Waals surface area contributed by atoms with Gasteiger partial charge in [0, 0.05) is 22.1 Å². The minimum atomic E-state index is -1.52. The third-order valence-electron chi connectivity index (χ3n) is 7.13. The van der Waals surface area contributed by atoms with Crippen LogP contribution in [0.4, 0.5) is 0 Å². The van der Waals surface area contributed by atoms with Gasteiger partial charge in [-0.05, 0) is 23.5 Å². The Balaban J connectivity index is 2.39. The van der Waals surface area contributed by atoms with Crippen LogP contribution in [0.2, 0.25) is 32.7 Å². The van der Waals surface area contributed by atoms with Crippen molar-refractivity contribution in [1.82, 2.24) is 0 Å². The zero-order valence-electron chi connectivity index (χ0n) is 22.4. The first-order valence-corrected chi connectivity index (χ1v) is 18.0. The van der Waals surface area contributed by atoms with Crippen LogP contribution in [-0.4, -0.2) is 24.0 Å². The van der Waals surface area contributed by atoms with Crippen molar-refractivity contribution in [3.8, 4) is 5.75 Å². The van der Waals surface area contributed by atoms with Crippen molar-refractivity contribution in [2.75, 3.05) is 7.11 Å². The molecule has 0 bridgehead atoms. The van der Waals surface area contributed by atoms with Gasteiger partial charge in [-0.1, -0.05) is 120 Å². The van der Waals surface area contributed by atoms with E-state index in [2.05, 4.69) is 111 Å².